The molecule has 1 unspecified atom stereocenters. The summed E-state index contributed by atoms with van der Waals surface area (Å²) in [7, 11) is 0. The Morgan fingerprint density at radius 3 is 2.63 bits per heavy atom. The quantitative estimate of drug-likeness (QED) is 0.665. The van der Waals surface area contributed by atoms with E-state index < -0.39 is 0 Å². The number of rotatable bonds is 4. The van der Waals surface area contributed by atoms with Gasteiger partial charge in [0.15, 0.2) is 0 Å². The van der Waals surface area contributed by atoms with Gasteiger partial charge in [-0.3, -0.25) is 10.1 Å². The highest BCUT2D eigenvalue weighted by atomic mass is 79.9. The lowest BCUT2D eigenvalue weighted by atomic mass is 10.1. The van der Waals surface area contributed by atoms with Crippen LogP contribution >= 0.6 is 15.9 Å². The summed E-state index contributed by atoms with van der Waals surface area (Å²) >= 11 is 3.42. The van der Waals surface area contributed by atoms with E-state index in [1.54, 1.807) is 18.2 Å². The molecule has 0 heterocycles. The second-order valence-corrected chi connectivity index (χ2v) is 5.11. The standard InChI is InChI=1S/C14H13BrN2O2/c1-10(11-5-4-6-12(15)9-11)16-13-7-2-3-8-14(13)17(18)19/h2-10,16H,1H3. The molecule has 2 aromatic carbocycles. The number of hydrogen-bond acceptors (Lipinski definition) is 3. The van der Waals surface area contributed by atoms with Crippen LogP contribution in [0.1, 0.15) is 18.5 Å². The highest BCUT2D eigenvalue weighted by Gasteiger charge is 2.14. The minimum atomic E-state index is -0.379. The summed E-state index contributed by atoms with van der Waals surface area (Å²) < 4.78 is 0.987. The molecule has 0 saturated heterocycles. The lowest BCUT2D eigenvalue weighted by Crippen LogP contribution is -2.08. The van der Waals surface area contributed by atoms with Crippen molar-refractivity contribution in [3.05, 3.63) is 68.7 Å². The van der Waals surface area contributed by atoms with E-state index in [-0.39, 0.29) is 16.7 Å². The van der Waals surface area contributed by atoms with Crippen molar-refractivity contribution in [3.63, 3.8) is 0 Å². The second-order valence-electron chi connectivity index (χ2n) is 4.20. The van der Waals surface area contributed by atoms with Crippen LogP contribution in [0.2, 0.25) is 0 Å². The molecule has 19 heavy (non-hydrogen) atoms. The Balaban J connectivity index is 2.24. The number of nitrogens with one attached hydrogen (secondary N) is 1. The molecule has 5 heteroatoms. The fourth-order valence-corrected chi connectivity index (χ4v) is 2.26. The number of hydrogen-bond donors (Lipinski definition) is 1. The monoisotopic (exact) mass is 320 g/mol. The first-order chi connectivity index (χ1) is 9.08. The minimum absolute atomic E-state index is 0.0152. The van der Waals surface area contributed by atoms with E-state index in [4.69, 9.17) is 0 Å². The average molecular weight is 321 g/mol. The van der Waals surface area contributed by atoms with Crippen LogP contribution in [0.5, 0.6) is 0 Å². The number of nitro groups is 1. The van der Waals surface area contributed by atoms with E-state index in [0.717, 1.165) is 10.0 Å². The maximum Gasteiger partial charge on any atom is 0.292 e. The molecule has 0 aliphatic rings. The molecular formula is C14H13BrN2O2. The lowest BCUT2D eigenvalue weighted by Gasteiger charge is -2.15. The van der Waals surface area contributed by atoms with Gasteiger partial charge in [0.05, 0.1) is 4.92 Å². The second kappa shape index (κ2) is 5.84. The summed E-state index contributed by atoms with van der Waals surface area (Å²) in [5, 5.41) is 14.1. The van der Waals surface area contributed by atoms with Crippen LogP contribution in [0.4, 0.5) is 11.4 Å². The summed E-state index contributed by atoms with van der Waals surface area (Å²) in [5.74, 6) is 0. The Morgan fingerprint density at radius 1 is 1.21 bits per heavy atom. The van der Waals surface area contributed by atoms with E-state index in [0.29, 0.717) is 5.69 Å². The highest BCUT2D eigenvalue weighted by Crippen LogP contribution is 2.28. The van der Waals surface area contributed by atoms with E-state index in [1.807, 2.05) is 31.2 Å². The van der Waals surface area contributed by atoms with Crippen molar-refractivity contribution in [2.45, 2.75) is 13.0 Å². The van der Waals surface area contributed by atoms with Gasteiger partial charge in [0, 0.05) is 16.6 Å². The third kappa shape index (κ3) is 3.32. The predicted octanol–water partition coefficient (Wildman–Crippen LogP) is 4.53. The largest absolute Gasteiger partial charge is 0.373 e. The number of anilines is 1. The number of halogens is 1. The first kappa shape index (κ1) is 13.5. The summed E-state index contributed by atoms with van der Waals surface area (Å²) in [5.41, 5.74) is 1.68. The van der Waals surface area contributed by atoms with Crippen LogP contribution < -0.4 is 5.32 Å². The van der Waals surface area contributed by atoms with Crippen LogP contribution in [0.3, 0.4) is 0 Å². The zero-order chi connectivity index (χ0) is 13.8. The van der Waals surface area contributed by atoms with E-state index in [1.165, 1.54) is 6.07 Å². The van der Waals surface area contributed by atoms with Crippen LogP contribution in [0.15, 0.2) is 53.0 Å². The Bertz CT molecular complexity index is 602. The maximum absolute atomic E-state index is 11.0. The molecule has 0 fully saturated rings. The molecule has 0 radical (unpaired) electrons. The number of benzene rings is 2. The molecule has 1 N–H and O–H groups in total. The molecule has 2 aromatic rings. The first-order valence-electron chi connectivity index (χ1n) is 5.83. The van der Waals surface area contributed by atoms with E-state index in [9.17, 15) is 10.1 Å². The zero-order valence-electron chi connectivity index (χ0n) is 10.3. The third-order valence-corrected chi connectivity index (χ3v) is 3.31. The van der Waals surface area contributed by atoms with Crippen LogP contribution in [-0.4, -0.2) is 4.92 Å². The molecule has 0 bridgehead atoms. The summed E-state index contributed by atoms with van der Waals surface area (Å²) in [4.78, 5) is 10.6. The van der Waals surface area contributed by atoms with Crippen LogP contribution in [0.25, 0.3) is 0 Å². The van der Waals surface area contributed by atoms with Crippen molar-refractivity contribution in [3.8, 4) is 0 Å². The fourth-order valence-electron chi connectivity index (χ4n) is 1.85. The fraction of sp³-hybridized carbons (Fsp3) is 0.143. The number of nitrogens with zero attached hydrogens (tertiary/aromatic N) is 1. The van der Waals surface area contributed by atoms with Crippen molar-refractivity contribution in [2.75, 3.05) is 5.32 Å². The summed E-state index contributed by atoms with van der Waals surface area (Å²) in [6.07, 6.45) is 0. The van der Waals surface area contributed by atoms with Gasteiger partial charge in [0.25, 0.3) is 5.69 Å². The van der Waals surface area contributed by atoms with Crippen molar-refractivity contribution in [1.29, 1.82) is 0 Å². The average Bonchev–Trinajstić information content (AvgIpc) is 2.39. The summed E-state index contributed by atoms with van der Waals surface area (Å²) in [6.45, 7) is 1.97. The summed E-state index contributed by atoms with van der Waals surface area (Å²) in [6, 6.07) is 14.5. The van der Waals surface area contributed by atoms with Gasteiger partial charge in [0.2, 0.25) is 0 Å². The Kier molecular flexibility index (Phi) is 4.16. The normalized spacial score (nSPS) is 11.9. The van der Waals surface area contributed by atoms with Gasteiger partial charge in [-0.05, 0) is 30.7 Å². The Hall–Kier alpha value is -1.88. The predicted molar refractivity (Wildman–Crippen MR) is 79.3 cm³/mol. The molecule has 4 nitrogen and oxygen atoms in total. The molecule has 0 aliphatic carbocycles. The lowest BCUT2D eigenvalue weighted by molar-refractivity contribution is -0.384. The SMILES string of the molecule is CC(Nc1ccccc1[N+](=O)[O-])c1cccc(Br)c1. The van der Waals surface area contributed by atoms with Gasteiger partial charge in [-0.15, -0.1) is 0 Å². The van der Waals surface area contributed by atoms with Crippen LogP contribution in [0, 0.1) is 10.1 Å². The molecule has 2 rings (SSSR count). The zero-order valence-corrected chi connectivity index (χ0v) is 11.9. The van der Waals surface area contributed by atoms with Crippen LogP contribution in [-0.2, 0) is 0 Å². The molecular weight excluding hydrogens is 308 g/mol. The third-order valence-electron chi connectivity index (χ3n) is 2.82. The van der Waals surface area contributed by atoms with Gasteiger partial charge in [-0.2, -0.15) is 0 Å². The van der Waals surface area contributed by atoms with Crippen molar-refractivity contribution in [1.82, 2.24) is 0 Å². The molecule has 1 atom stereocenters. The van der Waals surface area contributed by atoms with Gasteiger partial charge in [-0.25, -0.2) is 0 Å². The maximum atomic E-state index is 11.0. The minimum Gasteiger partial charge on any atom is -0.373 e. The number of para-hydroxylation sites is 2. The molecule has 0 aliphatic heterocycles. The molecule has 98 valence electrons. The Labute approximate surface area is 119 Å². The Morgan fingerprint density at radius 2 is 1.95 bits per heavy atom. The molecule has 0 saturated carbocycles. The van der Waals surface area contributed by atoms with Gasteiger partial charge in [0.1, 0.15) is 5.69 Å². The first-order valence-corrected chi connectivity index (χ1v) is 6.62. The topological polar surface area (TPSA) is 55.2 Å². The van der Waals surface area contributed by atoms with E-state index in [2.05, 4.69) is 21.2 Å². The number of nitro benzene ring substituents is 1. The van der Waals surface area contributed by atoms with Gasteiger partial charge < -0.3 is 5.32 Å². The molecule has 0 spiro atoms. The van der Waals surface area contributed by atoms with E-state index >= 15 is 0 Å². The smallest absolute Gasteiger partial charge is 0.292 e. The molecule has 0 amide bonds. The highest BCUT2D eigenvalue weighted by molar-refractivity contribution is 9.10. The van der Waals surface area contributed by atoms with Gasteiger partial charge >= 0.3 is 0 Å². The van der Waals surface area contributed by atoms with Crippen molar-refractivity contribution in [2.24, 2.45) is 0 Å². The van der Waals surface area contributed by atoms with Gasteiger partial charge in [-0.1, -0.05) is 40.2 Å². The van der Waals surface area contributed by atoms with Crippen molar-refractivity contribution < 1.29 is 4.92 Å². The van der Waals surface area contributed by atoms with Crippen molar-refractivity contribution >= 4 is 27.3 Å². The molecule has 0 aromatic heterocycles.